The number of anilines is 1. The van der Waals surface area contributed by atoms with Gasteiger partial charge in [-0.15, -0.1) is 0 Å². The second-order valence-corrected chi connectivity index (χ2v) is 8.85. The van der Waals surface area contributed by atoms with E-state index in [0.29, 0.717) is 11.3 Å². The van der Waals surface area contributed by atoms with Gasteiger partial charge in [-0.2, -0.15) is 0 Å². The summed E-state index contributed by atoms with van der Waals surface area (Å²) in [5, 5.41) is 2.46. The van der Waals surface area contributed by atoms with E-state index in [-0.39, 0.29) is 18.7 Å². The van der Waals surface area contributed by atoms with E-state index in [0.717, 1.165) is 0 Å². The van der Waals surface area contributed by atoms with E-state index in [9.17, 15) is 19.2 Å². The molecule has 1 aliphatic rings. The fourth-order valence-electron chi connectivity index (χ4n) is 2.86. The standard InChI is InChI=1S/C21H28N2O6/c1-20(2,3)28-17(25)12-23-15-10-8-7-9-13(15)16(24)11-14(18(23)26)22-19(27)29-21(4,5)6/h7-10,14H,11-12H2,1-6H3,(H,22,27)/t14-/m0/s1. The fourth-order valence-corrected chi connectivity index (χ4v) is 2.86. The number of para-hydroxylation sites is 1. The lowest BCUT2D eigenvalue weighted by Crippen LogP contribution is -2.51. The Labute approximate surface area is 170 Å². The van der Waals surface area contributed by atoms with E-state index < -0.39 is 35.2 Å². The summed E-state index contributed by atoms with van der Waals surface area (Å²) < 4.78 is 10.5. The lowest BCUT2D eigenvalue weighted by atomic mass is 10.0. The SMILES string of the molecule is CC(C)(C)OC(=O)CN1C(=O)[C@@H](NC(=O)OC(C)(C)C)CC(=O)c2ccccc21. The van der Waals surface area contributed by atoms with Gasteiger partial charge in [-0.25, -0.2) is 4.79 Å². The van der Waals surface area contributed by atoms with Crippen LogP contribution in [0.25, 0.3) is 0 Å². The maximum Gasteiger partial charge on any atom is 0.408 e. The number of hydrogen-bond donors (Lipinski definition) is 1. The molecule has 1 aromatic rings. The van der Waals surface area contributed by atoms with Crippen molar-refractivity contribution in [1.29, 1.82) is 0 Å². The lowest BCUT2D eigenvalue weighted by molar-refractivity contribution is -0.153. The first-order valence-corrected chi connectivity index (χ1v) is 9.42. The number of fused-ring (bicyclic) bond motifs is 1. The van der Waals surface area contributed by atoms with Crippen molar-refractivity contribution in [2.75, 3.05) is 11.4 Å². The molecule has 0 aliphatic carbocycles. The van der Waals surface area contributed by atoms with Gasteiger partial charge in [0.15, 0.2) is 5.78 Å². The largest absolute Gasteiger partial charge is 0.459 e. The Morgan fingerprint density at radius 1 is 1.03 bits per heavy atom. The number of nitrogens with one attached hydrogen (secondary N) is 1. The van der Waals surface area contributed by atoms with Gasteiger partial charge in [0.2, 0.25) is 0 Å². The molecule has 0 spiro atoms. The third-order valence-corrected chi connectivity index (χ3v) is 3.85. The molecule has 0 radical (unpaired) electrons. The Morgan fingerprint density at radius 2 is 1.62 bits per heavy atom. The number of carbonyl (C=O) groups excluding carboxylic acids is 4. The molecule has 0 bridgehead atoms. The summed E-state index contributed by atoms with van der Waals surface area (Å²) in [4.78, 5) is 51.6. The van der Waals surface area contributed by atoms with Crippen LogP contribution in [0.1, 0.15) is 58.3 Å². The molecule has 0 saturated heterocycles. The number of carbonyl (C=O) groups is 4. The molecule has 1 N–H and O–H groups in total. The molecule has 8 heteroatoms. The predicted octanol–water partition coefficient (Wildman–Crippen LogP) is 2.84. The highest BCUT2D eigenvalue weighted by molar-refractivity contribution is 6.14. The van der Waals surface area contributed by atoms with Gasteiger partial charge in [0.1, 0.15) is 23.8 Å². The lowest BCUT2D eigenvalue weighted by Gasteiger charge is -2.27. The summed E-state index contributed by atoms with van der Waals surface area (Å²) in [7, 11) is 0. The molecule has 2 amide bonds. The number of rotatable bonds is 3. The van der Waals surface area contributed by atoms with E-state index in [2.05, 4.69) is 5.32 Å². The maximum absolute atomic E-state index is 13.2. The molecule has 1 heterocycles. The molecule has 2 rings (SSSR count). The van der Waals surface area contributed by atoms with Crippen molar-refractivity contribution in [3.8, 4) is 0 Å². The van der Waals surface area contributed by atoms with Gasteiger partial charge in [0.05, 0.1) is 5.69 Å². The highest BCUT2D eigenvalue weighted by Gasteiger charge is 2.37. The minimum absolute atomic E-state index is 0.236. The number of amides is 2. The monoisotopic (exact) mass is 404 g/mol. The molecule has 29 heavy (non-hydrogen) atoms. The Kier molecular flexibility index (Phi) is 6.35. The number of ether oxygens (including phenoxy) is 2. The number of hydrogen-bond acceptors (Lipinski definition) is 6. The van der Waals surface area contributed by atoms with Crippen LogP contribution in [0.4, 0.5) is 10.5 Å². The Balaban J connectivity index is 2.33. The number of ketones is 1. The van der Waals surface area contributed by atoms with Crippen LogP contribution in [0.3, 0.4) is 0 Å². The molecule has 1 atom stereocenters. The average Bonchev–Trinajstić information content (AvgIpc) is 2.63. The summed E-state index contributed by atoms with van der Waals surface area (Å²) in [6, 6.07) is 5.36. The summed E-state index contributed by atoms with van der Waals surface area (Å²) in [5.74, 6) is -1.52. The van der Waals surface area contributed by atoms with Crippen molar-refractivity contribution < 1.29 is 28.7 Å². The summed E-state index contributed by atoms with van der Waals surface area (Å²) >= 11 is 0. The highest BCUT2D eigenvalue weighted by Crippen LogP contribution is 2.27. The van der Waals surface area contributed by atoms with Crippen LogP contribution in [-0.2, 0) is 19.1 Å². The normalized spacial score (nSPS) is 17.3. The van der Waals surface area contributed by atoms with Crippen LogP contribution in [0.15, 0.2) is 24.3 Å². The van der Waals surface area contributed by atoms with Gasteiger partial charge in [0, 0.05) is 12.0 Å². The zero-order valence-corrected chi connectivity index (χ0v) is 17.7. The summed E-state index contributed by atoms with van der Waals surface area (Å²) in [5.41, 5.74) is -0.879. The fraction of sp³-hybridized carbons (Fsp3) is 0.524. The van der Waals surface area contributed by atoms with Gasteiger partial charge in [-0.05, 0) is 53.7 Å². The maximum atomic E-state index is 13.2. The van der Waals surface area contributed by atoms with E-state index in [1.54, 1.807) is 65.8 Å². The summed E-state index contributed by atoms with van der Waals surface area (Å²) in [6.07, 6.45) is -1.05. The van der Waals surface area contributed by atoms with E-state index in [1.165, 1.54) is 4.90 Å². The van der Waals surface area contributed by atoms with Gasteiger partial charge in [-0.3, -0.25) is 19.3 Å². The first-order valence-electron chi connectivity index (χ1n) is 9.42. The molecule has 8 nitrogen and oxygen atoms in total. The highest BCUT2D eigenvalue weighted by atomic mass is 16.6. The minimum atomic E-state index is -1.16. The molecule has 1 aromatic carbocycles. The minimum Gasteiger partial charge on any atom is -0.459 e. The van der Waals surface area contributed by atoms with Crippen LogP contribution < -0.4 is 10.2 Å². The third-order valence-electron chi connectivity index (χ3n) is 3.85. The quantitative estimate of drug-likeness (QED) is 0.777. The van der Waals surface area contributed by atoms with E-state index >= 15 is 0 Å². The Bertz CT molecular complexity index is 819. The zero-order chi connectivity index (χ0) is 22.0. The van der Waals surface area contributed by atoms with Crippen molar-refractivity contribution in [3.63, 3.8) is 0 Å². The van der Waals surface area contributed by atoms with Gasteiger partial charge in [-0.1, -0.05) is 12.1 Å². The molecular weight excluding hydrogens is 376 g/mol. The van der Waals surface area contributed by atoms with Crippen LogP contribution in [0.5, 0.6) is 0 Å². The van der Waals surface area contributed by atoms with Crippen molar-refractivity contribution >= 4 is 29.4 Å². The van der Waals surface area contributed by atoms with Crippen LogP contribution >= 0.6 is 0 Å². The second-order valence-electron chi connectivity index (χ2n) is 8.85. The van der Waals surface area contributed by atoms with Crippen molar-refractivity contribution in [2.24, 2.45) is 0 Å². The zero-order valence-electron chi connectivity index (χ0n) is 17.7. The van der Waals surface area contributed by atoms with E-state index in [1.807, 2.05) is 0 Å². The Hall–Kier alpha value is -2.90. The number of benzene rings is 1. The first-order chi connectivity index (χ1) is 13.3. The molecule has 1 aliphatic heterocycles. The predicted molar refractivity (Wildman–Crippen MR) is 107 cm³/mol. The number of Topliss-reactive ketones (excluding diaryl/α,β-unsaturated/α-hetero) is 1. The van der Waals surface area contributed by atoms with Crippen LogP contribution in [-0.4, -0.2) is 47.5 Å². The molecule has 0 saturated carbocycles. The number of nitrogens with zero attached hydrogens (tertiary/aromatic N) is 1. The molecule has 158 valence electrons. The van der Waals surface area contributed by atoms with Crippen LogP contribution in [0, 0.1) is 0 Å². The molecular formula is C21H28N2O6. The Morgan fingerprint density at radius 3 is 2.21 bits per heavy atom. The van der Waals surface area contributed by atoms with Gasteiger partial charge in [0.25, 0.3) is 5.91 Å². The molecule has 0 aromatic heterocycles. The molecule has 0 fully saturated rings. The van der Waals surface area contributed by atoms with Gasteiger partial charge < -0.3 is 14.8 Å². The number of esters is 1. The number of alkyl carbamates (subject to hydrolysis) is 1. The van der Waals surface area contributed by atoms with Crippen molar-refractivity contribution in [2.45, 2.75) is 65.2 Å². The van der Waals surface area contributed by atoms with Crippen molar-refractivity contribution in [1.82, 2.24) is 5.32 Å². The van der Waals surface area contributed by atoms with Gasteiger partial charge >= 0.3 is 12.1 Å². The molecule has 0 unspecified atom stereocenters. The van der Waals surface area contributed by atoms with Crippen LogP contribution in [0.2, 0.25) is 0 Å². The first kappa shape index (κ1) is 22.4. The topological polar surface area (TPSA) is 102 Å². The summed E-state index contributed by atoms with van der Waals surface area (Å²) in [6.45, 7) is 9.86. The van der Waals surface area contributed by atoms with Crippen molar-refractivity contribution in [3.05, 3.63) is 29.8 Å². The second kappa shape index (κ2) is 8.23. The smallest absolute Gasteiger partial charge is 0.408 e. The van der Waals surface area contributed by atoms with E-state index in [4.69, 9.17) is 9.47 Å². The third kappa shape index (κ3) is 6.30. The average molecular weight is 404 g/mol.